The van der Waals surface area contributed by atoms with Crippen molar-refractivity contribution in [2.75, 3.05) is 0 Å². The van der Waals surface area contributed by atoms with Crippen molar-refractivity contribution in [2.24, 2.45) is 5.10 Å². The minimum absolute atomic E-state index is 0.0929. The lowest BCUT2D eigenvalue weighted by molar-refractivity contribution is 0.474. The van der Waals surface area contributed by atoms with Crippen molar-refractivity contribution in [1.82, 2.24) is 14.9 Å². The molecule has 2 aromatic carbocycles. The average Bonchev–Trinajstić information content (AvgIpc) is 2.90. The van der Waals surface area contributed by atoms with Crippen molar-refractivity contribution in [3.05, 3.63) is 63.1 Å². The topological polar surface area (TPSA) is 66.2 Å². The molecule has 0 amide bonds. The lowest BCUT2D eigenvalue weighted by atomic mass is 10.2. The molecule has 1 aromatic heterocycles. The van der Waals surface area contributed by atoms with Gasteiger partial charge in [-0.25, -0.2) is 9.49 Å². The first-order chi connectivity index (χ1) is 11.0. The predicted molar refractivity (Wildman–Crippen MR) is 91.6 cm³/mol. The van der Waals surface area contributed by atoms with E-state index >= 15 is 0 Å². The van der Waals surface area contributed by atoms with Crippen molar-refractivity contribution in [1.29, 1.82) is 0 Å². The standard InChI is InChI=1S/C15H10BrFN4OS/c16-11-3-6-13(22)10(7-11)8-18-21-14(19-20-15(21)23)9-1-4-12(17)5-2-9/h1-8,22H,(H,20,23). The van der Waals surface area contributed by atoms with E-state index in [4.69, 9.17) is 12.2 Å². The number of aromatic amines is 1. The summed E-state index contributed by atoms with van der Waals surface area (Å²) in [4.78, 5) is 0. The fourth-order valence-electron chi connectivity index (χ4n) is 1.93. The molecule has 0 atom stereocenters. The number of nitrogens with one attached hydrogen (secondary N) is 1. The Morgan fingerprint density at radius 2 is 2.00 bits per heavy atom. The van der Waals surface area contributed by atoms with Gasteiger partial charge in [0.05, 0.1) is 6.21 Å². The second kappa shape index (κ2) is 6.43. The van der Waals surface area contributed by atoms with E-state index in [1.165, 1.54) is 23.0 Å². The molecule has 23 heavy (non-hydrogen) atoms. The molecule has 2 N–H and O–H groups in total. The van der Waals surface area contributed by atoms with Gasteiger partial charge in [-0.3, -0.25) is 0 Å². The van der Waals surface area contributed by atoms with Crippen LogP contribution < -0.4 is 0 Å². The van der Waals surface area contributed by atoms with Gasteiger partial charge >= 0.3 is 0 Å². The van der Waals surface area contributed by atoms with E-state index in [1.807, 2.05) is 0 Å². The Balaban J connectivity index is 2.02. The Hall–Kier alpha value is -2.32. The molecule has 8 heteroatoms. The fourth-order valence-corrected chi connectivity index (χ4v) is 2.49. The van der Waals surface area contributed by atoms with Crippen LogP contribution in [0.25, 0.3) is 11.4 Å². The van der Waals surface area contributed by atoms with Crippen LogP contribution in [0.4, 0.5) is 4.39 Å². The fraction of sp³-hybridized carbons (Fsp3) is 0. The van der Waals surface area contributed by atoms with E-state index in [0.29, 0.717) is 17.0 Å². The van der Waals surface area contributed by atoms with E-state index in [1.54, 1.807) is 30.3 Å². The van der Waals surface area contributed by atoms with Gasteiger partial charge in [0.1, 0.15) is 11.6 Å². The van der Waals surface area contributed by atoms with Crippen LogP contribution in [0.5, 0.6) is 5.75 Å². The smallest absolute Gasteiger partial charge is 0.216 e. The van der Waals surface area contributed by atoms with Crippen LogP contribution >= 0.6 is 28.1 Å². The third-order valence-corrected chi connectivity index (χ3v) is 3.81. The Labute approximate surface area is 144 Å². The minimum Gasteiger partial charge on any atom is -0.507 e. The van der Waals surface area contributed by atoms with Crippen LogP contribution in [0.15, 0.2) is 52.0 Å². The van der Waals surface area contributed by atoms with Crippen molar-refractivity contribution in [2.45, 2.75) is 0 Å². The number of nitrogens with zero attached hydrogens (tertiary/aromatic N) is 3. The summed E-state index contributed by atoms with van der Waals surface area (Å²) in [5.41, 5.74) is 1.18. The summed E-state index contributed by atoms with van der Waals surface area (Å²) < 4.78 is 15.5. The average molecular weight is 393 g/mol. The van der Waals surface area contributed by atoms with Crippen molar-refractivity contribution in [3.8, 4) is 17.1 Å². The van der Waals surface area contributed by atoms with Gasteiger partial charge in [-0.05, 0) is 54.7 Å². The van der Waals surface area contributed by atoms with Crippen LogP contribution in [-0.2, 0) is 0 Å². The maximum atomic E-state index is 13.0. The number of aromatic nitrogens is 3. The maximum absolute atomic E-state index is 13.0. The normalized spacial score (nSPS) is 11.2. The largest absolute Gasteiger partial charge is 0.507 e. The highest BCUT2D eigenvalue weighted by atomic mass is 79.9. The first-order valence-electron chi connectivity index (χ1n) is 6.51. The zero-order valence-electron chi connectivity index (χ0n) is 11.6. The molecule has 5 nitrogen and oxygen atoms in total. The summed E-state index contributed by atoms with van der Waals surface area (Å²) in [5, 5.41) is 20.8. The van der Waals surface area contributed by atoms with Gasteiger partial charge in [0.15, 0.2) is 5.82 Å². The van der Waals surface area contributed by atoms with E-state index in [9.17, 15) is 9.50 Å². The lowest BCUT2D eigenvalue weighted by Crippen LogP contribution is -1.95. The Morgan fingerprint density at radius 3 is 2.74 bits per heavy atom. The van der Waals surface area contributed by atoms with Gasteiger partial charge < -0.3 is 5.11 Å². The number of aromatic hydroxyl groups is 1. The lowest BCUT2D eigenvalue weighted by Gasteiger charge is -2.02. The van der Waals surface area contributed by atoms with Crippen LogP contribution in [-0.4, -0.2) is 26.2 Å². The maximum Gasteiger partial charge on any atom is 0.216 e. The van der Waals surface area contributed by atoms with Crippen LogP contribution in [0, 0.1) is 10.6 Å². The van der Waals surface area contributed by atoms with Crippen molar-refractivity contribution >= 4 is 34.4 Å². The van der Waals surface area contributed by atoms with E-state index < -0.39 is 0 Å². The highest BCUT2D eigenvalue weighted by molar-refractivity contribution is 9.10. The third-order valence-electron chi connectivity index (χ3n) is 3.05. The summed E-state index contributed by atoms with van der Waals surface area (Å²) in [7, 11) is 0. The van der Waals surface area contributed by atoms with Gasteiger partial charge in [-0.1, -0.05) is 15.9 Å². The summed E-state index contributed by atoms with van der Waals surface area (Å²) in [6.07, 6.45) is 1.47. The first-order valence-corrected chi connectivity index (χ1v) is 7.71. The van der Waals surface area contributed by atoms with Crippen LogP contribution in [0.1, 0.15) is 5.56 Å². The number of rotatable bonds is 3. The summed E-state index contributed by atoms with van der Waals surface area (Å²) in [6.45, 7) is 0. The van der Waals surface area contributed by atoms with Crippen LogP contribution in [0.3, 0.4) is 0 Å². The summed E-state index contributed by atoms with van der Waals surface area (Å²) in [5.74, 6) is 0.202. The number of phenolic OH excluding ortho intramolecular Hbond substituents is 1. The predicted octanol–water partition coefficient (Wildman–Crippen LogP) is 4.10. The Bertz CT molecular complexity index is 933. The van der Waals surface area contributed by atoms with Gasteiger partial charge in [0.25, 0.3) is 0 Å². The molecular weight excluding hydrogens is 383 g/mol. The van der Waals surface area contributed by atoms with Gasteiger partial charge in [-0.15, -0.1) is 0 Å². The molecule has 0 aliphatic rings. The van der Waals surface area contributed by atoms with Gasteiger partial charge in [0.2, 0.25) is 4.77 Å². The number of H-pyrrole nitrogens is 1. The molecular formula is C15H10BrFN4OS. The number of hydrogen-bond donors (Lipinski definition) is 2. The molecule has 3 rings (SSSR count). The molecule has 0 aliphatic carbocycles. The quantitative estimate of drug-likeness (QED) is 0.520. The molecule has 0 saturated heterocycles. The molecule has 0 saturated carbocycles. The molecule has 0 bridgehead atoms. The van der Waals surface area contributed by atoms with E-state index in [-0.39, 0.29) is 16.3 Å². The molecule has 3 aromatic rings. The second-order valence-electron chi connectivity index (χ2n) is 4.62. The molecule has 0 radical (unpaired) electrons. The molecule has 0 fully saturated rings. The third kappa shape index (κ3) is 3.38. The minimum atomic E-state index is -0.336. The molecule has 0 spiro atoms. The monoisotopic (exact) mass is 392 g/mol. The second-order valence-corrected chi connectivity index (χ2v) is 5.92. The van der Waals surface area contributed by atoms with Gasteiger partial charge in [0, 0.05) is 15.6 Å². The van der Waals surface area contributed by atoms with E-state index in [0.717, 1.165) is 4.47 Å². The Kier molecular flexibility index (Phi) is 4.35. The van der Waals surface area contributed by atoms with Gasteiger partial charge in [-0.2, -0.15) is 14.9 Å². The summed E-state index contributed by atoms with van der Waals surface area (Å²) in [6, 6.07) is 10.8. The highest BCUT2D eigenvalue weighted by Gasteiger charge is 2.08. The number of hydrogen-bond acceptors (Lipinski definition) is 4. The highest BCUT2D eigenvalue weighted by Crippen LogP contribution is 2.21. The van der Waals surface area contributed by atoms with Crippen molar-refractivity contribution < 1.29 is 9.50 Å². The molecule has 0 unspecified atom stereocenters. The molecule has 116 valence electrons. The first kappa shape index (κ1) is 15.6. The SMILES string of the molecule is Oc1ccc(Br)cc1C=Nn1c(-c2ccc(F)cc2)n[nH]c1=S. The number of halogens is 2. The number of phenols is 1. The molecule has 1 heterocycles. The van der Waals surface area contributed by atoms with E-state index in [2.05, 4.69) is 31.2 Å². The zero-order chi connectivity index (χ0) is 16.4. The van der Waals surface area contributed by atoms with Crippen molar-refractivity contribution in [3.63, 3.8) is 0 Å². The summed E-state index contributed by atoms with van der Waals surface area (Å²) >= 11 is 8.49. The Morgan fingerprint density at radius 1 is 1.26 bits per heavy atom. The zero-order valence-corrected chi connectivity index (χ0v) is 14.0. The van der Waals surface area contributed by atoms with Crippen LogP contribution in [0.2, 0.25) is 0 Å². The molecule has 0 aliphatic heterocycles. The number of benzene rings is 2.